The van der Waals surface area contributed by atoms with Gasteiger partial charge in [-0.3, -0.25) is 0 Å². The van der Waals surface area contributed by atoms with Gasteiger partial charge in [-0.15, -0.1) is 0 Å². The van der Waals surface area contributed by atoms with Gasteiger partial charge >= 0.3 is 0 Å². The van der Waals surface area contributed by atoms with Crippen molar-refractivity contribution in [1.29, 1.82) is 5.26 Å². The number of benzene rings is 1. The summed E-state index contributed by atoms with van der Waals surface area (Å²) in [5.74, 6) is 2.40. The van der Waals surface area contributed by atoms with E-state index in [0.717, 1.165) is 28.4 Å². The lowest BCUT2D eigenvalue weighted by atomic mass is 9.95. The zero-order chi connectivity index (χ0) is 15.9. The highest BCUT2D eigenvalue weighted by Crippen LogP contribution is 2.36. The van der Waals surface area contributed by atoms with Crippen molar-refractivity contribution in [2.24, 2.45) is 5.92 Å². The Morgan fingerprint density at radius 1 is 1.27 bits per heavy atom. The Balaban J connectivity index is 2.21. The van der Waals surface area contributed by atoms with E-state index in [1.807, 2.05) is 19.1 Å². The standard InChI is InChI=1S/C17H21N3O2/c1-11(9-18)10-20-13-8-15-14(21-5-6-22-15)7-12(13)19-16(20)17(2,3)4/h7-8,11H,5-6,10H2,1-4H3. The van der Waals surface area contributed by atoms with Gasteiger partial charge in [-0.2, -0.15) is 5.26 Å². The topological polar surface area (TPSA) is 60.1 Å². The number of hydrogen-bond donors (Lipinski definition) is 0. The lowest BCUT2D eigenvalue weighted by Gasteiger charge is -2.21. The monoisotopic (exact) mass is 299 g/mol. The molecule has 1 aliphatic rings. The van der Waals surface area contributed by atoms with Crippen molar-refractivity contribution >= 4 is 11.0 Å². The van der Waals surface area contributed by atoms with E-state index in [2.05, 4.69) is 31.4 Å². The van der Waals surface area contributed by atoms with E-state index in [0.29, 0.717) is 19.8 Å². The fourth-order valence-corrected chi connectivity index (χ4v) is 2.73. The molecule has 3 rings (SSSR count). The van der Waals surface area contributed by atoms with Gasteiger partial charge in [0, 0.05) is 24.1 Å². The van der Waals surface area contributed by atoms with E-state index < -0.39 is 0 Å². The first-order valence-electron chi connectivity index (χ1n) is 7.60. The Morgan fingerprint density at radius 2 is 1.91 bits per heavy atom. The van der Waals surface area contributed by atoms with Crippen molar-refractivity contribution < 1.29 is 9.47 Å². The van der Waals surface area contributed by atoms with Crippen LogP contribution >= 0.6 is 0 Å². The van der Waals surface area contributed by atoms with Gasteiger partial charge in [0.2, 0.25) is 0 Å². The molecule has 0 aliphatic carbocycles. The van der Waals surface area contributed by atoms with Crippen molar-refractivity contribution in [3.05, 3.63) is 18.0 Å². The third-order valence-electron chi connectivity index (χ3n) is 3.76. The van der Waals surface area contributed by atoms with Crippen LogP contribution < -0.4 is 9.47 Å². The van der Waals surface area contributed by atoms with Gasteiger partial charge in [0.1, 0.15) is 19.0 Å². The highest BCUT2D eigenvalue weighted by atomic mass is 16.6. The minimum absolute atomic E-state index is 0.0771. The summed E-state index contributed by atoms with van der Waals surface area (Å²) < 4.78 is 13.5. The van der Waals surface area contributed by atoms with Gasteiger partial charge in [0.25, 0.3) is 0 Å². The zero-order valence-electron chi connectivity index (χ0n) is 13.5. The molecule has 22 heavy (non-hydrogen) atoms. The summed E-state index contributed by atoms with van der Waals surface area (Å²) in [5, 5.41) is 9.16. The predicted octanol–water partition coefficient (Wildman–Crippen LogP) is 3.26. The molecule has 0 fully saturated rings. The number of rotatable bonds is 2. The molecule has 1 aromatic heterocycles. The van der Waals surface area contributed by atoms with Crippen LogP contribution in [0.2, 0.25) is 0 Å². The third-order valence-corrected chi connectivity index (χ3v) is 3.76. The van der Waals surface area contributed by atoms with Crippen LogP contribution in [0.4, 0.5) is 0 Å². The maximum atomic E-state index is 9.16. The summed E-state index contributed by atoms with van der Waals surface area (Å²) in [4.78, 5) is 4.80. The normalized spacial score (nSPS) is 15.6. The van der Waals surface area contributed by atoms with Gasteiger partial charge in [0.15, 0.2) is 11.5 Å². The third kappa shape index (κ3) is 2.50. The lowest BCUT2D eigenvalue weighted by Crippen LogP contribution is -2.21. The van der Waals surface area contributed by atoms with Gasteiger partial charge in [-0.25, -0.2) is 4.98 Å². The molecule has 5 heteroatoms. The van der Waals surface area contributed by atoms with Crippen LogP contribution in [0.15, 0.2) is 12.1 Å². The second-order valence-electron chi connectivity index (χ2n) is 6.81. The minimum atomic E-state index is -0.101. The molecule has 2 aromatic rings. The van der Waals surface area contributed by atoms with E-state index in [1.165, 1.54) is 0 Å². The number of nitrogens with zero attached hydrogens (tertiary/aromatic N) is 3. The molecular weight excluding hydrogens is 278 g/mol. The summed E-state index contributed by atoms with van der Waals surface area (Å²) in [7, 11) is 0. The predicted molar refractivity (Wildman–Crippen MR) is 84.2 cm³/mol. The number of nitriles is 1. The van der Waals surface area contributed by atoms with Gasteiger partial charge in [-0.1, -0.05) is 20.8 Å². The molecule has 5 nitrogen and oxygen atoms in total. The second-order valence-corrected chi connectivity index (χ2v) is 6.81. The maximum absolute atomic E-state index is 9.16. The molecule has 0 N–H and O–H groups in total. The van der Waals surface area contributed by atoms with Crippen molar-refractivity contribution in [1.82, 2.24) is 9.55 Å². The molecule has 0 radical (unpaired) electrons. The smallest absolute Gasteiger partial charge is 0.163 e. The van der Waals surface area contributed by atoms with Crippen molar-refractivity contribution in [3.8, 4) is 17.6 Å². The Bertz CT molecular complexity index is 750. The molecule has 1 atom stereocenters. The average molecular weight is 299 g/mol. The van der Waals surface area contributed by atoms with Crippen LogP contribution in [-0.2, 0) is 12.0 Å². The quantitative estimate of drug-likeness (QED) is 0.854. The largest absolute Gasteiger partial charge is 0.486 e. The van der Waals surface area contributed by atoms with E-state index >= 15 is 0 Å². The zero-order valence-corrected chi connectivity index (χ0v) is 13.5. The van der Waals surface area contributed by atoms with Crippen LogP contribution in [-0.4, -0.2) is 22.8 Å². The van der Waals surface area contributed by atoms with Crippen molar-refractivity contribution in [2.75, 3.05) is 13.2 Å². The molecule has 116 valence electrons. The SMILES string of the molecule is CC(C#N)Cn1c(C(C)(C)C)nc2cc3c(cc21)OCCO3. The van der Waals surface area contributed by atoms with Crippen LogP contribution in [0, 0.1) is 17.2 Å². The number of imidazole rings is 1. The molecule has 0 spiro atoms. The number of fused-ring (bicyclic) bond motifs is 2. The molecule has 1 unspecified atom stereocenters. The highest BCUT2D eigenvalue weighted by molar-refractivity contribution is 5.81. The summed E-state index contributed by atoms with van der Waals surface area (Å²) in [6.45, 7) is 10.1. The minimum Gasteiger partial charge on any atom is -0.486 e. The Labute approximate surface area is 130 Å². The summed E-state index contributed by atoms with van der Waals surface area (Å²) in [5.41, 5.74) is 1.78. The molecule has 0 bridgehead atoms. The molecule has 2 heterocycles. The van der Waals surface area contributed by atoms with Crippen molar-refractivity contribution in [2.45, 2.75) is 39.7 Å². The van der Waals surface area contributed by atoms with E-state index in [-0.39, 0.29) is 11.3 Å². The molecule has 1 aromatic carbocycles. The summed E-state index contributed by atoms with van der Waals surface area (Å²) in [6.07, 6.45) is 0. The maximum Gasteiger partial charge on any atom is 0.163 e. The van der Waals surface area contributed by atoms with E-state index in [9.17, 15) is 0 Å². The van der Waals surface area contributed by atoms with Gasteiger partial charge < -0.3 is 14.0 Å². The van der Waals surface area contributed by atoms with Crippen molar-refractivity contribution in [3.63, 3.8) is 0 Å². The van der Waals surface area contributed by atoms with Gasteiger partial charge in [-0.05, 0) is 6.92 Å². The van der Waals surface area contributed by atoms with Crippen LogP contribution in [0.25, 0.3) is 11.0 Å². The first-order valence-corrected chi connectivity index (χ1v) is 7.60. The Kier molecular flexibility index (Phi) is 3.48. The molecule has 1 aliphatic heterocycles. The van der Waals surface area contributed by atoms with E-state index in [1.54, 1.807) is 0 Å². The molecule has 0 saturated heterocycles. The second kappa shape index (κ2) is 5.20. The summed E-state index contributed by atoms with van der Waals surface area (Å²) in [6, 6.07) is 6.22. The van der Waals surface area contributed by atoms with Gasteiger partial charge in [0.05, 0.1) is 23.0 Å². The van der Waals surface area contributed by atoms with Crippen LogP contribution in [0.1, 0.15) is 33.5 Å². The molecule has 0 saturated carbocycles. The number of ether oxygens (including phenoxy) is 2. The first kappa shape index (κ1) is 14.7. The first-order chi connectivity index (χ1) is 10.4. The molecule has 0 amide bonds. The van der Waals surface area contributed by atoms with E-state index in [4.69, 9.17) is 19.7 Å². The Morgan fingerprint density at radius 3 is 2.50 bits per heavy atom. The highest BCUT2D eigenvalue weighted by Gasteiger charge is 2.25. The summed E-state index contributed by atoms with van der Waals surface area (Å²) >= 11 is 0. The number of hydrogen-bond acceptors (Lipinski definition) is 4. The molecular formula is C17H21N3O2. The van der Waals surface area contributed by atoms with Crippen LogP contribution in [0.5, 0.6) is 11.5 Å². The lowest BCUT2D eigenvalue weighted by molar-refractivity contribution is 0.172. The fourth-order valence-electron chi connectivity index (χ4n) is 2.73. The average Bonchev–Trinajstić information content (AvgIpc) is 2.83. The fraction of sp³-hybridized carbons (Fsp3) is 0.529. The number of aromatic nitrogens is 2. The Hall–Kier alpha value is -2.22. The van der Waals surface area contributed by atoms with Crippen LogP contribution in [0.3, 0.4) is 0 Å².